The molecule has 178 valence electrons. The lowest BCUT2D eigenvalue weighted by Gasteiger charge is -2.21. The molecule has 0 unspecified atom stereocenters. The topological polar surface area (TPSA) is 117 Å². The van der Waals surface area contributed by atoms with Crippen LogP contribution in [0.15, 0.2) is 35.4 Å². The molecule has 1 saturated carbocycles. The molecule has 34 heavy (non-hydrogen) atoms. The molecule has 2 aromatic heterocycles. The molecule has 2 heterocycles. The molecule has 1 amide bonds. The first kappa shape index (κ1) is 23.6. The monoisotopic (exact) mass is 483 g/mol. The maximum atomic E-state index is 13.1. The number of amides is 1. The second-order valence-electron chi connectivity index (χ2n) is 8.16. The predicted octanol–water partition coefficient (Wildman–Crippen LogP) is 3.68. The van der Waals surface area contributed by atoms with Gasteiger partial charge in [-0.15, -0.1) is 11.3 Å². The summed E-state index contributed by atoms with van der Waals surface area (Å²) in [4.78, 5) is 55.5. The highest BCUT2D eigenvalue weighted by atomic mass is 32.1. The van der Waals surface area contributed by atoms with Crippen LogP contribution in [0.5, 0.6) is 0 Å². The van der Waals surface area contributed by atoms with E-state index in [1.165, 1.54) is 24.1 Å². The van der Waals surface area contributed by atoms with Crippen LogP contribution in [0, 0.1) is 6.92 Å². The van der Waals surface area contributed by atoms with Crippen LogP contribution in [-0.4, -0.2) is 40.6 Å². The molecule has 0 bridgehead atoms. The molecular weight excluding hydrogens is 458 g/mol. The third-order valence-electron chi connectivity index (χ3n) is 5.85. The molecule has 1 aliphatic carbocycles. The van der Waals surface area contributed by atoms with E-state index in [2.05, 4.69) is 10.3 Å². The van der Waals surface area contributed by atoms with Gasteiger partial charge in [-0.25, -0.2) is 14.6 Å². The molecule has 0 saturated heterocycles. The van der Waals surface area contributed by atoms with Crippen molar-refractivity contribution in [3.63, 3.8) is 0 Å². The predicted molar refractivity (Wildman–Crippen MR) is 127 cm³/mol. The number of carbonyl (C=O) groups is 3. The Kier molecular flexibility index (Phi) is 7.06. The highest BCUT2D eigenvalue weighted by molar-refractivity contribution is 7.20. The number of nitrogens with one attached hydrogen (secondary N) is 1. The first-order valence-corrected chi connectivity index (χ1v) is 11.9. The van der Waals surface area contributed by atoms with Gasteiger partial charge < -0.3 is 14.8 Å². The minimum absolute atomic E-state index is 0.0907. The van der Waals surface area contributed by atoms with Gasteiger partial charge in [0.25, 0.3) is 5.56 Å². The Morgan fingerprint density at radius 3 is 2.62 bits per heavy atom. The van der Waals surface area contributed by atoms with Crippen LogP contribution in [0.3, 0.4) is 0 Å². The fraction of sp³-hybridized carbons (Fsp3) is 0.375. The minimum Gasteiger partial charge on any atom is -0.465 e. The summed E-state index contributed by atoms with van der Waals surface area (Å²) in [5.41, 5.74) is 0.561. The van der Waals surface area contributed by atoms with Gasteiger partial charge in [0.05, 0.1) is 30.1 Å². The number of benzene rings is 1. The lowest BCUT2D eigenvalue weighted by atomic mass is 9.98. The molecule has 0 spiro atoms. The van der Waals surface area contributed by atoms with E-state index >= 15 is 0 Å². The van der Waals surface area contributed by atoms with Crippen molar-refractivity contribution in [1.82, 2.24) is 9.55 Å². The van der Waals surface area contributed by atoms with E-state index in [1.807, 2.05) is 0 Å². The number of carbonyl (C=O) groups excluding carboxylic acids is 3. The second kappa shape index (κ2) is 10.2. The number of para-hydroxylation sites is 1. The standard InChI is InChI=1S/C24H25N3O6S/c1-14-19-21(34-20(14)24(31)33-15-8-4-3-5-9-15)25-13-27(22(19)29)12-18(28)26-17-11-7-6-10-16(17)23(30)32-2/h6-7,10-11,13,15H,3-5,8-9,12H2,1-2H3,(H,26,28). The number of hydrogen-bond donors (Lipinski definition) is 1. The summed E-state index contributed by atoms with van der Waals surface area (Å²) in [6.45, 7) is 1.38. The molecule has 9 nitrogen and oxygen atoms in total. The van der Waals surface area contributed by atoms with Crippen LogP contribution in [-0.2, 0) is 20.8 Å². The molecule has 4 rings (SSSR count). The van der Waals surface area contributed by atoms with Crippen molar-refractivity contribution in [2.24, 2.45) is 0 Å². The number of ether oxygens (including phenoxy) is 2. The second-order valence-corrected chi connectivity index (χ2v) is 9.16. The van der Waals surface area contributed by atoms with Crippen LogP contribution in [0.25, 0.3) is 10.2 Å². The fourth-order valence-electron chi connectivity index (χ4n) is 4.08. The Labute approximate surface area is 199 Å². The minimum atomic E-state index is -0.585. The van der Waals surface area contributed by atoms with E-state index in [0.29, 0.717) is 20.7 Å². The quantitative estimate of drug-likeness (QED) is 0.532. The number of hydrogen-bond acceptors (Lipinski definition) is 8. The van der Waals surface area contributed by atoms with Crippen LogP contribution in [0.1, 0.15) is 57.7 Å². The molecule has 1 N–H and O–H groups in total. The summed E-state index contributed by atoms with van der Waals surface area (Å²) in [6, 6.07) is 6.43. The van der Waals surface area contributed by atoms with Crippen molar-refractivity contribution in [3.8, 4) is 0 Å². The van der Waals surface area contributed by atoms with Gasteiger partial charge in [0.1, 0.15) is 22.4 Å². The summed E-state index contributed by atoms with van der Waals surface area (Å²) in [5.74, 6) is -1.53. The van der Waals surface area contributed by atoms with Gasteiger partial charge in [-0.05, 0) is 50.3 Å². The van der Waals surface area contributed by atoms with Gasteiger partial charge in [-0.3, -0.25) is 14.2 Å². The summed E-state index contributed by atoms with van der Waals surface area (Å²) < 4.78 is 11.6. The van der Waals surface area contributed by atoms with Crippen LogP contribution < -0.4 is 10.9 Å². The Hall–Kier alpha value is -3.53. The van der Waals surface area contributed by atoms with Gasteiger partial charge in [0.2, 0.25) is 5.91 Å². The summed E-state index contributed by atoms with van der Waals surface area (Å²) in [6.07, 6.45) is 6.14. The van der Waals surface area contributed by atoms with E-state index in [1.54, 1.807) is 25.1 Å². The largest absolute Gasteiger partial charge is 0.465 e. The number of aryl methyl sites for hydroxylation is 1. The zero-order valence-electron chi connectivity index (χ0n) is 19.0. The number of nitrogens with zero attached hydrogens (tertiary/aromatic N) is 2. The molecule has 0 aliphatic heterocycles. The highest BCUT2D eigenvalue weighted by Crippen LogP contribution is 2.29. The molecule has 0 atom stereocenters. The molecule has 1 aromatic carbocycles. The van der Waals surface area contributed by atoms with E-state index in [4.69, 9.17) is 9.47 Å². The molecular formula is C24H25N3O6S. The van der Waals surface area contributed by atoms with Gasteiger partial charge in [-0.1, -0.05) is 18.6 Å². The smallest absolute Gasteiger partial charge is 0.348 e. The van der Waals surface area contributed by atoms with E-state index in [9.17, 15) is 19.2 Å². The van der Waals surface area contributed by atoms with E-state index < -0.39 is 23.4 Å². The van der Waals surface area contributed by atoms with Crippen molar-refractivity contribution in [2.45, 2.75) is 51.7 Å². The van der Waals surface area contributed by atoms with Gasteiger partial charge in [0.15, 0.2) is 0 Å². The van der Waals surface area contributed by atoms with Gasteiger partial charge in [-0.2, -0.15) is 0 Å². The maximum Gasteiger partial charge on any atom is 0.348 e. The maximum absolute atomic E-state index is 13.1. The number of rotatable bonds is 6. The summed E-state index contributed by atoms with van der Waals surface area (Å²) in [5, 5.41) is 2.93. The Morgan fingerprint density at radius 1 is 1.15 bits per heavy atom. The van der Waals surface area contributed by atoms with Crippen molar-refractivity contribution in [1.29, 1.82) is 0 Å². The van der Waals surface area contributed by atoms with Crippen molar-refractivity contribution < 1.29 is 23.9 Å². The lowest BCUT2D eigenvalue weighted by molar-refractivity contribution is -0.116. The van der Waals surface area contributed by atoms with Crippen molar-refractivity contribution >= 4 is 45.1 Å². The Morgan fingerprint density at radius 2 is 1.88 bits per heavy atom. The highest BCUT2D eigenvalue weighted by Gasteiger charge is 2.24. The third kappa shape index (κ3) is 4.86. The first-order valence-electron chi connectivity index (χ1n) is 11.1. The third-order valence-corrected chi connectivity index (χ3v) is 7.03. The van der Waals surface area contributed by atoms with Crippen LogP contribution >= 0.6 is 11.3 Å². The average molecular weight is 484 g/mol. The molecule has 10 heteroatoms. The van der Waals surface area contributed by atoms with Crippen molar-refractivity contribution in [3.05, 3.63) is 57.0 Å². The van der Waals surface area contributed by atoms with E-state index in [-0.39, 0.29) is 23.9 Å². The summed E-state index contributed by atoms with van der Waals surface area (Å²) in [7, 11) is 1.25. The lowest BCUT2D eigenvalue weighted by Crippen LogP contribution is -2.28. The Bertz CT molecular complexity index is 1310. The Balaban J connectivity index is 1.54. The van der Waals surface area contributed by atoms with Crippen molar-refractivity contribution in [2.75, 3.05) is 12.4 Å². The number of thiophene rings is 1. The fourth-order valence-corrected chi connectivity index (χ4v) is 5.10. The molecule has 3 aromatic rings. The zero-order chi connectivity index (χ0) is 24.2. The number of esters is 2. The molecule has 1 fully saturated rings. The number of methoxy groups -OCH3 is 1. The van der Waals surface area contributed by atoms with Crippen LogP contribution in [0.4, 0.5) is 5.69 Å². The van der Waals surface area contributed by atoms with E-state index in [0.717, 1.165) is 43.4 Å². The van der Waals surface area contributed by atoms with Crippen LogP contribution in [0.2, 0.25) is 0 Å². The molecule has 1 aliphatic rings. The average Bonchev–Trinajstić information content (AvgIpc) is 3.18. The zero-order valence-corrected chi connectivity index (χ0v) is 19.8. The normalized spacial score (nSPS) is 14.1. The number of anilines is 1. The van der Waals surface area contributed by atoms with Gasteiger partial charge >= 0.3 is 11.9 Å². The SMILES string of the molecule is COC(=O)c1ccccc1NC(=O)Cn1cnc2sc(C(=O)OC3CCCCC3)c(C)c2c1=O. The summed E-state index contributed by atoms with van der Waals surface area (Å²) >= 11 is 1.12. The first-order chi connectivity index (χ1) is 16.4. The number of aromatic nitrogens is 2. The van der Waals surface area contributed by atoms with Gasteiger partial charge in [0, 0.05) is 0 Å². The molecule has 0 radical (unpaired) electrons. The number of fused-ring (bicyclic) bond motifs is 1.